The van der Waals surface area contributed by atoms with Crippen LogP contribution in [-0.4, -0.2) is 44.4 Å². The summed E-state index contributed by atoms with van der Waals surface area (Å²) in [6.45, 7) is 2.48. The number of aryl methyl sites for hydroxylation is 1. The van der Waals surface area contributed by atoms with Gasteiger partial charge in [-0.15, -0.1) is 0 Å². The molecule has 1 atom stereocenters. The van der Waals surface area contributed by atoms with Gasteiger partial charge in [0.15, 0.2) is 0 Å². The van der Waals surface area contributed by atoms with E-state index >= 15 is 0 Å². The summed E-state index contributed by atoms with van der Waals surface area (Å²) >= 11 is 0. The van der Waals surface area contributed by atoms with Crippen molar-refractivity contribution in [3.63, 3.8) is 0 Å². The molecule has 0 spiro atoms. The number of aromatic nitrogens is 5. The molecule has 0 aromatic carbocycles. The molecule has 0 radical (unpaired) electrons. The standard InChI is InChI=1S/C19H24N8O2/c1-13(12-29-3)10-18(28)26-25-16-11-14(4-7-20-16)15-5-8-21-19(23-15)24-17-6-9-22-27(17)2/h4-9,11,13H,10,12H2,1-3H3,(H,20,25)(H,26,28)(H,21,23,24). The van der Waals surface area contributed by atoms with Gasteiger partial charge in [0.1, 0.15) is 11.6 Å². The van der Waals surface area contributed by atoms with Gasteiger partial charge < -0.3 is 10.1 Å². The van der Waals surface area contributed by atoms with E-state index < -0.39 is 0 Å². The molecule has 0 aliphatic heterocycles. The van der Waals surface area contributed by atoms with Crippen LogP contribution in [0, 0.1) is 5.92 Å². The number of amides is 1. The molecule has 0 saturated carbocycles. The molecule has 3 rings (SSSR count). The Balaban J connectivity index is 1.65. The first-order chi connectivity index (χ1) is 14.0. The zero-order valence-corrected chi connectivity index (χ0v) is 16.6. The highest BCUT2D eigenvalue weighted by Crippen LogP contribution is 2.20. The molecule has 3 aromatic heterocycles. The lowest BCUT2D eigenvalue weighted by Crippen LogP contribution is -2.31. The molecular formula is C19H24N8O2. The van der Waals surface area contributed by atoms with Gasteiger partial charge in [-0.2, -0.15) is 5.10 Å². The van der Waals surface area contributed by atoms with E-state index in [9.17, 15) is 4.79 Å². The number of rotatable bonds is 9. The average molecular weight is 396 g/mol. The molecule has 0 saturated heterocycles. The molecular weight excluding hydrogens is 372 g/mol. The van der Waals surface area contributed by atoms with Gasteiger partial charge in [-0.05, 0) is 24.1 Å². The number of nitrogens with zero attached hydrogens (tertiary/aromatic N) is 5. The SMILES string of the molecule is COCC(C)CC(=O)NNc1cc(-c2ccnc(Nc3ccnn3C)n2)ccn1. The molecule has 0 aliphatic carbocycles. The van der Waals surface area contributed by atoms with Crippen LogP contribution >= 0.6 is 0 Å². The number of hydrazine groups is 1. The lowest BCUT2D eigenvalue weighted by atomic mass is 10.1. The molecule has 3 heterocycles. The Morgan fingerprint density at radius 2 is 2.03 bits per heavy atom. The summed E-state index contributed by atoms with van der Waals surface area (Å²) in [7, 11) is 3.45. The van der Waals surface area contributed by atoms with E-state index in [2.05, 4.69) is 36.2 Å². The van der Waals surface area contributed by atoms with Crippen molar-refractivity contribution in [2.45, 2.75) is 13.3 Å². The van der Waals surface area contributed by atoms with Gasteiger partial charge in [-0.25, -0.2) is 15.0 Å². The summed E-state index contributed by atoms with van der Waals surface area (Å²) in [6, 6.07) is 7.28. The van der Waals surface area contributed by atoms with E-state index in [-0.39, 0.29) is 11.8 Å². The van der Waals surface area contributed by atoms with Crippen LogP contribution in [0.2, 0.25) is 0 Å². The minimum atomic E-state index is -0.133. The summed E-state index contributed by atoms with van der Waals surface area (Å²) in [5.74, 6) is 1.75. The highest BCUT2D eigenvalue weighted by molar-refractivity contribution is 5.77. The topological polar surface area (TPSA) is 119 Å². The largest absolute Gasteiger partial charge is 0.384 e. The Morgan fingerprint density at radius 1 is 1.21 bits per heavy atom. The van der Waals surface area contributed by atoms with Gasteiger partial charge in [-0.3, -0.25) is 20.3 Å². The van der Waals surface area contributed by atoms with Crippen molar-refractivity contribution in [2.24, 2.45) is 13.0 Å². The van der Waals surface area contributed by atoms with Crippen molar-refractivity contribution in [2.75, 3.05) is 24.5 Å². The maximum Gasteiger partial charge on any atom is 0.238 e. The second kappa shape index (κ2) is 9.60. The van der Waals surface area contributed by atoms with Gasteiger partial charge in [0.2, 0.25) is 11.9 Å². The van der Waals surface area contributed by atoms with Crippen LogP contribution in [0.3, 0.4) is 0 Å². The summed E-state index contributed by atoms with van der Waals surface area (Å²) < 4.78 is 6.74. The molecule has 0 bridgehead atoms. The smallest absolute Gasteiger partial charge is 0.238 e. The maximum absolute atomic E-state index is 12.0. The first kappa shape index (κ1) is 20.2. The fourth-order valence-corrected chi connectivity index (χ4v) is 2.69. The number of carbonyl (C=O) groups excluding carboxylic acids is 1. The summed E-state index contributed by atoms with van der Waals surface area (Å²) in [5, 5.41) is 7.23. The number of pyridine rings is 1. The Morgan fingerprint density at radius 3 is 2.79 bits per heavy atom. The zero-order chi connectivity index (χ0) is 20.6. The second-order valence-corrected chi connectivity index (χ2v) is 6.60. The number of hydrogen-bond acceptors (Lipinski definition) is 8. The zero-order valence-electron chi connectivity index (χ0n) is 16.6. The Kier molecular flexibility index (Phi) is 6.69. The van der Waals surface area contributed by atoms with Crippen LogP contribution in [0.15, 0.2) is 42.9 Å². The van der Waals surface area contributed by atoms with Crippen LogP contribution < -0.4 is 16.2 Å². The Hall–Kier alpha value is -3.53. The molecule has 3 aromatic rings. The number of nitrogens with one attached hydrogen (secondary N) is 3. The van der Waals surface area contributed by atoms with Gasteiger partial charge in [0.25, 0.3) is 0 Å². The van der Waals surface area contributed by atoms with Crippen LogP contribution in [-0.2, 0) is 16.6 Å². The first-order valence-electron chi connectivity index (χ1n) is 9.13. The molecule has 152 valence electrons. The molecule has 0 aliphatic rings. The molecule has 0 fully saturated rings. The minimum Gasteiger partial charge on any atom is -0.384 e. The van der Waals surface area contributed by atoms with Gasteiger partial charge in [-0.1, -0.05) is 6.92 Å². The lowest BCUT2D eigenvalue weighted by Gasteiger charge is -2.12. The molecule has 1 unspecified atom stereocenters. The third-order valence-corrected chi connectivity index (χ3v) is 4.09. The average Bonchev–Trinajstić information content (AvgIpc) is 3.11. The quantitative estimate of drug-likeness (QED) is 0.471. The van der Waals surface area contributed by atoms with Crippen molar-refractivity contribution in [3.8, 4) is 11.3 Å². The van der Waals surface area contributed by atoms with Crippen molar-refractivity contribution in [1.29, 1.82) is 0 Å². The Labute approximate surface area is 168 Å². The lowest BCUT2D eigenvalue weighted by molar-refractivity contribution is -0.121. The fraction of sp³-hybridized carbons (Fsp3) is 0.316. The number of anilines is 3. The van der Waals surface area contributed by atoms with E-state index in [1.165, 1.54) is 0 Å². The van der Waals surface area contributed by atoms with Crippen LogP contribution in [0.5, 0.6) is 0 Å². The predicted molar refractivity (Wildman–Crippen MR) is 109 cm³/mol. The van der Waals surface area contributed by atoms with E-state index in [1.54, 1.807) is 42.5 Å². The van der Waals surface area contributed by atoms with Crippen molar-refractivity contribution in [1.82, 2.24) is 30.2 Å². The molecule has 10 heteroatoms. The number of hydrogen-bond donors (Lipinski definition) is 3. The number of methoxy groups -OCH3 is 1. The van der Waals surface area contributed by atoms with Crippen LogP contribution in [0.1, 0.15) is 13.3 Å². The summed E-state index contributed by atoms with van der Waals surface area (Å²) in [4.78, 5) is 25.0. The number of ether oxygens (including phenoxy) is 1. The van der Waals surface area contributed by atoms with E-state index in [0.29, 0.717) is 24.8 Å². The monoisotopic (exact) mass is 396 g/mol. The molecule has 3 N–H and O–H groups in total. The third-order valence-electron chi connectivity index (χ3n) is 4.09. The van der Waals surface area contributed by atoms with Crippen molar-refractivity contribution in [3.05, 3.63) is 42.9 Å². The normalized spacial score (nSPS) is 11.7. The molecule has 29 heavy (non-hydrogen) atoms. The molecule has 1 amide bonds. The molecule has 10 nitrogen and oxygen atoms in total. The maximum atomic E-state index is 12.0. The third kappa shape index (κ3) is 5.72. The van der Waals surface area contributed by atoms with Crippen molar-refractivity contribution < 1.29 is 9.53 Å². The summed E-state index contributed by atoms with van der Waals surface area (Å²) in [5.41, 5.74) is 7.04. The van der Waals surface area contributed by atoms with Crippen LogP contribution in [0.25, 0.3) is 11.3 Å². The van der Waals surface area contributed by atoms with Gasteiger partial charge in [0, 0.05) is 51.2 Å². The van der Waals surface area contributed by atoms with E-state index in [1.807, 2.05) is 26.1 Å². The highest BCUT2D eigenvalue weighted by Gasteiger charge is 2.10. The van der Waals surface area contributed by atoms with E-state index in [0.717, 1.165) is 17.1 Å². The predicted octanol–water partition coefficient (Wildman–Crippen LogP) is 2.13. The minimum absolute atomic E-state index is 0.132. The Bertz CT molecular complexity index is 959. The fourth-order valence-electron chi connectivity index (χ4n) is 2.69. The first-order valence-corrected chi connectivity index (χ1v) is 9.13. The van der Waals surface area contributed by atoms with Gasteiger partial charge >= 0.3 is 0 Å². The van der Waals surface area contributed by atoms with Crippen molar-refractivity contribution >= 4 is 23.5 Å². The van der Waals surface area contributed by atoms with Gasteiger partial charge in [0.05, 0.1) is 11.9 Å². The number of carbonyl (C=O) groups is 1. The van der Waals surface area contributed by atoms with Crippen LogP contribution in [0.4, 0.5) is 17.6 Å². The summed E-state index contributed by atoms with van der Waals surface area (Å²) in [6.07, 6.45) is 5.37. The van der Waals surface area contributed by atoms with E-state index in [4.69, 9.17) is 4.74 Å². The second-order valence-electron chi connectivity index (χ2n) is 6.60. The highest BCUT2D eigenvalue weighted by atomic mass is 16.5.